The van der Waals surface area contributed by atoms with Gasteiger partial charge in [-0.15, -0.1) is 11.3 Å². The van der Waals surface area contributed by atoms with Crippen molar-refractivity contribution in [2.24, 2.45) is 0 Å². The van der Waals surface area contributed by atoms with Crippen molar-refractivity contribution in [3.63, 3.8) is 0 Å². The van der Waals surface area contributed by atoms with Crippen LogP contribution < -0.4 is 4.90 Å². The van der Waals surface area contributed by atoms with Crippen molar-refractivity contribution in [2.45, 2.75) is 20.0 Å². The van der Waals surface area contributed by atoms with E-state index < -0.39 is 10.9 Å². The number of aryl methyl sites for hydroxylation is 1. The smallest absolute Gasteiger partial charge is 0.345 e. The van der Waals surface area contributed by atoms with Gasteiger partial charge in [-0.2, -0.15) is 0 Å². The molecule has 1 fully saturated rings. The quantitative estimate of drug-likeness (QED) is 0.449. The molecule has 1 aromatic heterocycles. The normalized spacial score (nSPS) is 17.2. The number of carbonyl (C=O) groups is 1. The van der Waals surface area contributed by atoms with Crippen LogP contribution in [0.1, 0.15) is 34.1 Å². The molecular formula is C17H19N3O5S. The number of anilines is 1. The Labute approximate surface area is 154 Å². The van der Waals surface area contributed by atoms with E-state index in [4.69, 9.17) is 9.47 Å². The van der Waals surface area contributed by atoms with Crippen LogP contribution in [0.5, 0.6) is 0 Å². The molecule has 138 valence electrons. The predicted octanol–water partition coefficient (Wildman–Crippen LogP) is 3.11. The van der Waals surface area contributed by atoms with Crippen molar-refractivity contribution in [1.82, 2.24) is 4.98 Å². The van der Waals surface area contributed by atoms with Crippen LogP contribution in [0.4, 0.5) is 11.4 Å². The number of ether oxygens (including phenoxy) is 2. The third kappa shape index (κ3) is 3.83. The second-order valence-corrected chi connectivity index (χ2v) is 6.70. The van der Waals surface area contributed by atoms with Gasteiger partial charge in [0.1, 0.15) is 16.7 Å². The van der Waals surface area contributed by atoms with Gasteiger partial charge >= 0.3 is 5.97 Å². The van der Waals surface area contributed by atoms with Gasteiger partial charge in [-0.25, -0.2) is 9.78 Å². The summed E-state index contributed by atoms with van der Waals surface area (Å²) in [4.78, 5) is 29.3. The number of hydrogen-bond acceptors (Lipinski definition) is 8. The molecule has 0 amide bonds. The molecule has 1 aliphatic heterocycles. The fourth-order valence-electron chi connectivity index (χ4n) is 2.81. The topological polar surface area (TPSA) is 94.8 Å². The first-order chi connectivity index (χ1) is 12.5. The Hall–Kier alpha value is -2.52. The highest BCUT2D eigenvalue weighted by Crippen LogP contribution is 2.31. The lowest BCUT2D eigenvalue weighted by atomic mass is 10.1. The molecule has 2 heterocycles. The molecule has 0 N–H and O–H groups in total. The first kappa shape index (κ1) is 18.3. The Morgan fingerprint density at radius 2 is 2.35 bits per heavy atom. The van der Waals surface area contributed by atoms with E-state index in [2.05, 4.69) is 4.98 Å². The van der Waals surface area contributed by atoms with Gasteiger partial charge in [0.05, 0.1) is 24.7 Å². The molecule has 0 aliphatic carbocycles. The van der Waals surface area contributed by atoms with E-state index in [9.17, 15) is 14.9 Å². The minimum atomic E-state index is -0.693. The summed E-state index contributed by atoms with van der Waals surface area (Å²) in [6.07, 6.45) is -0.163. The molecule has 1 aromatic carbocycles. The van der Waals surface area contributed by atoms with Crippen LogP contribution in [0.3, 0.4) is 0 Å². The lowest BCUT2D eigenvalue weighted by molar-refractivity contribution is -0.385. The average molecular weight is 377 g/mol. The maximum Gasteiger partial charge on any atom is 0.345 e. The van der Waals surface area contributed by atoms with E-state index in [0.29, 0.717) is 19.7 Å². The van der Waals surface area contributed by atoms with E-state index in [1.165, 1.54) is 12.1 Å². The summed E-state index contributed by atoms with van der Waals surface area (Å²) in [6, 6.07) is 4.52. The Morgan fingerprint density at radius 1 is 1.54 bits per heavy atom. The van der Waals surface area contributed by atoms with Gasteiger partial charge in [-0.1, -0.05) is 0 Å². The van der Waals surface area contributed by atoms with Crippen molar-refractivity contribution in [2.75, 3.05) is 31.2 Å². The van der Waals surface area contributed by atoms with Crippen LogP contribution in [-0.2, 0) is 9.47 Å². The molecule has 0 saturated carbocycles. The molecule has 8 nitrogen and oxygen atoms in total. The Balaban J connectivity index is 1.87. The summed E-state index contributed by atoms with van der Waals surface area (Å²) >= 11 is 1.55. The SMILES string of the molecule is CCOC(=O)c1cc(N2CCOC(c3nc(C)cs3)C2)ccc1[N+](=O)[O-]. The lowest BCUT2D eigenvalue weighted by Crippen LogP contribution is -2.38. The van der Waals surface area contributed by atoms with Crippen LogP contribution in [0.25, 0.3) is 0 Å². The van der Waals surface area contributed by atoms with Gasteiger partial charge in [-0.05, 0) is 26.0 Å². The number of benzene rings is 1. The molecule has 0 radical (unpaired) electrons. The molecule has 1 unspecified atom stereocenters. The number of aromatic nitrogens is 1. The van der Waals surface area contributed by atoms with Crippen LogP contribution in [0.15, 0.2) is 23.6 Å². The monoisotopic (exact) mass is 377 g/mol. The number of carbonyl (C=O) groups excluding carboxylic acids is 1. The van der Waals surface area contributed by atoms with Gasteiger partial charge in [-0.3, -0.25) is 10.1 Å². The summed E-state index contributed by atoms with van der Waals surface area (Å²) < 4.78 is 10.8. The highest BCUT2D eigenvalue weighted by atomic mass is 32.1. The van der Waals surface area contributed by atoms with Crippen LogP contribution in [0.2, 0.25) is 0 Å². The minimum absolute atomic E-state index is 0.0394. The second kappa shape index (κ2) is 7.79. The third-order valence-electron chi connectivity index (χ3n) is 4.02. The first-order valence-electron chi connectivity index (χ1n) is 8.23. The minimum Gasteiger partial charge on any atom is -0.462 e. The van der Waals surface area contributed by atoms with E-state index in [0.717, 1.165) is 16.4 Å². The molecule has 1 saturated heterocycles. The van der Waals surface area contributed by atoms with Crippen LogP contribution >= 0.6 is 11.3 Å². The fourth-order valence-corrected chi connectivity index (χ4v) is 3.64. The zero-order valence-electron chi connectivity index (χ0n) is 14.5. The molecule has 9 heteroatoms. The number of nitro groups is 1. The van der Waals surface area contributed by atoms with Crippen molar-refractivity contribution in [1.29, 1.82) is 0 Å². The van der Waals surface area contributed by atoms with Crippen molar-refractivity contribution < 1.29 is 19.2 Å². The second-order valence-electron chi connectivity index (χ2n) is 5.81. The van der Waals surface area contributed by atoms with Crippen molar-refractivity contribution in [3.05, 3.63) is 50.0 Å². The average Bonchev–Trinajstić information content (AvgIpc) is 3.08. The molecule has 2 aromatic rings. The molecule has 26 heavy (non-hydrogen) atoms. The highest BCUT2D eigenvalue weighted by Gasteiger charge is 2.27. The zero-order chi connectivity index (χ0) is 18.7. The summed E-state index contributed by atoms with van der Waals surface area (Å²) in [5.41, 5.74) is 1.38. The molecule has 3 rings (SSSR count). The molecule has 0 bridgehead atoms. The third-order valence-corrected chi connectivity index (χ3v) is 5.07. The maximum absolute atomic E-state index is 12.1. The van der Waals surface area contributed by atoms with Crippen LogP contribution in [0, 0.1) is 17.0 Å². The van der Waals surface area contributed by atoms with E-state index in [-0.39, 0.29) is 24.0 Å². The number of esters is 1. The van der Waals surface area contributed by atoms with Crippen LogP contribution in [-0.4, -0.2) is 42.2 Å². The molecule has 1 aliphatic rings. The molecule has 1 atom stereocenters. The number of morpholine rings is 1. The zero-order valence-corrected chi connectivity index (χ0v) is 15.3. The van der Waals surface area contributed by atoms with Gasteiger partial charge in [0.15, 0.2) is 0 Å². The summed E-state index contributed by atoms with van der Waals surface area (Å²) in [7, 11) is 0. The molecular weight excluding hydrogens is 358 g/mol. The number of nitro benzene ring substituents is 1. The van der Waals surface area contributed by atoms with Crippen molar-refractivity contribution in [3.8, 4) is 0 Å². The van der Waals surface area contributed by atoms with E-state index in [1.54, 1.807) is 24.3 Å². The molecule has 0 spiro atoms. The van der Waals surface area contributed by atoms with Crippen molar-refractivity contribution >= 4 is 28.7 Å². The Kier molecular flexibility index (Phi) is 5.48. The number of nitrogens with zero attached hydrogens (tertiary/aromatic N) is 3. The predicted molar refractivity (Wildman–Crippen MR) is 96.8 cm³/mol. The Bertz CT molecular complexity index is 822. The summed E-state index contributed by atoms with van der Waals surface area (Å²) in [5.74, 6) is -0.693. The van der Waals surface area contributed by atoms with E-state index >= 15 is 0 Å². The Morgan fingerprint density at radius 3 is 3.00 bits per heavy atom. The number of rotatable bonds is 5. The largest absolute Gasteiger partial charge is 0.462 e. The standard InChI is InChI=1S/C17H19N3O5S/c1-3-24-17(21)13-8-12(4-5-14(13)20(22)23)19-6-7-25-15(9-19)16-18-11(2)10-26-16/h4-5,8,10,15H,3,6-7,9H2,1-2H3. The van der Waals surface area contributed by atoms with Gasteiger partial charge < -0.3 is 14.4 Å². The first-order valence-corrected chi connectivity index (χ1v) is 9.11. The van der Waals surface area contributed by atoms with Gasteiger partial charge in [0.25, 0.3) is 5.69 Å². The van der Waals surface area contributed by atoms with Gasteiger partial charge in [0.2, 0.25) is 0 Å². The van der Waals surface area contributed by atoms with Gasteiger partial charge in [0, 0.05) is 29.4 Å². The maximum atomic E-state index is 12.1. The summed E-state index contributed by atoms with van der Waals surface area (Å²) in [5, 5.41) is 14.1. The lowest BCUT2D eigenvalue weighted by Gasteiger charge is -2.33. The fraction of sp³-hybridized carbons (Fsp3) is 0.412. The van der Waals surface area contributed by atoms with E-state index in [1.807, 2.05) is 17.2 Å². The highest BCUT2D eigenvalue weighted by molar-refractivity contribution is 7.09. The number of hydrogen-bond donors (Lipinski definition) is 0. The summed E-state index contributed by atoms with van der Waals surface area (Å²) in [6.45, 7) is 5.45. The number of thiazole rings is 1.